The monoisotopic (exact) mass is 218 g/mol. The van der Waals surface area contributed by atoms with Gasteiger partial charge in [-0.3, -0.25) is 4.79 Å². The van der Waals surface area contributed by atoms with Gasteiger partial charge >= 0.3 is 0 Å². The number of hydrogen-bond acceptors (Lipinski definition) is 2. The van der Waals surface area contributed by atoms with Crippen LogP contribution in [0.5, 0.6) is 0 Å². The van der Waals surface area contributed by atoms with E-state index in [1.807, 2.05) is 11.0 Å². The number of nitrogens with one attached hydrogen (secondary N) is 1. The van der Waals surface area contributed by atoms with Crippen molar-refractivity contribution in [3.05, 3.63) is 35.9 Å². The van der Waals surface area contributed by atoms with Crippen LogP contribution in [-0.4, -0.2) is 36.5 Å². The molecule has 2 rings (SSSR count). The van der Waals surface area contributed by atoms with Gasteiger partial charge in [-0.1, -0.05) is 30.3 Å². The van der Waals surface area contributed by atoms with Gasteiger partial charge in [-0.25, -0.2) is 0 Å². The van der Waals surface area contributed by atoms with Crippen LogP contribution < -0.4 is 5.32 Å². The molecule has 0 saturated carbocycles. The molecule has 16 heavy (non-hydrogen) atoms. The molecule has 0 aliphatic carbocycles. The van der Waals surface area contributed by atoms with Crippen LogP contribution in [0.15, 0.2) is 30.3 Å². The fraction of sp³-hybridized carbons (Fsp3) is 0.462. The average molecular weight is 218 g/mol. The second-order valence-electron chi connectivity index (χ2n) is 4.31. The summed E-state index contributed by atoms with van der Waals surface area (Å²) >= 11 is 0. The quantitative estimate of drug-likeness (QED) is 0.804. The van der Waals surface area contributed by atoms with E-state index in [0.29, 0.717) is 6.04 Å². The number of amides is 1. The first-order valence-electron chi connectivity index (χ1n) is 5.78. The molecule has 1 fully saturated rings. The molecule has 1 N–H and O–H groups in total. The van der Waals surface area contributed by atoms with E-state index in [1.54, 1.807) is 6.92 Å². The van der Waals surface area contributed by atoms with Crippen LogP contribution in [0.25, 0.3) is 0 Å². The fourth-order valence-electron chi connectivity index (χ4n) is 2.15. The zero-order chi connectivity index (χ0) is 11.4. The molecule has 1 aromatic rings. The lowest BCUT2D eigenvalue weighted by molar-refractivity contribution is -0.130. The Labute approximate surface area is 96.5 Å². The Bertz CT molecular complexity index is 350. The van der Waals surface area contributed by atoms with Crippen LogP contribution >= 0.6 is 0 Å². The molecule has 1 heterocycles. The largest absolute Gasteiger partial charge is 0.340 e. The molecule has 1 amide bonds. The van der Waals surface area contributed by atoms with Gasteiger partial charge in [-0.05, 0) is 12.0 Å². The van der Waals surface area contributed by atoms with Crippen LogP contribution in [0, 0.1) is 0 Å². The first kappa shape index (κ1) is 11.1. The minimum Gasteiger partial charge on any atom is -0.340 e. The Morgan fingerprint density at radius 1 is 1.44 bits per heavy atom. The summed E-state index contributed by atoms with van der Waals surface area (Å²) in [5.74, 6) is 0.180. The SMILES string of the molecule is CC(=O)N1CCNC(Cc2ccccc2)C1. The summed E-state index contributed by atoms with van der Waals surface area (Å²) in [6.07, 6.45) is 0.991. The Morgan fingerprint density at radius 2 is 2.19 bits per heavy atom. The number of carbonyl (C=O) groups excluding carboxylic acids is 1. The van der Waals surface area contributed by atoms with E-state index in [2.05, 4.69) is 29.6 Å². The van der Waals surface area contributed by atoms with Crippen molar-refractivity contribution in [2.24, 2.45) is 0 Å². The molecule has 3 heteroatoms. The molecule has 1 aliphatic heterocycles. The van der Waals surface area contributed by atoms with Crippen LogP contribution in [-0.2, 0) is 11.2 Å². The zero-order valence-electron chi connectivity index (χ0n) is 9.65. The van der Waals surface area contributed by atoms with Gasteiger partial charge in [0.05, 0.1) is 0 Å². The van der Waals surface area contributed by atoms with Crippen molar-refractivity contribution >= 4 is 5.91 Å². The zero-order valence-corrected chi connectivity index (χ0v) is 9.65. The van der Waals surface area contributed by atoms with Crippen molar-refractivity contribution in [2.45, 2.75) is 19.4 Å². The number of hydrogen-bond donors (Lipinski definition) is 1. The molecule has 0 spiro atoms. The first-order chi connectivity index (χ1) is 7.75. The van der Waals surface area contributed by atoms with Crippen LogP contribution in [0.2, 0.25) is 0 Å². The maximum Gasteiger partial charge on any atom is 0.219 e. The Kier molecular flexibility index (Phi) is 3.57. The molecule has 1 aliphatic rings. The lowest BCUT2D eigenvalue weighted by Crippen LogP contribution is -2.52. The minimum atomic E-state index is 0.180. The fourth-order valence-corrected chi connectivity index (χ4v) is 2.15. The normalized spacial score (nSPS) is 20.8. The van der Waals surface area contributed by atoms with Crippen LogP contribution in [0.4, 0.5) is 0 Å². The minimum absolute atomic E-state index is 0.180. The van der Waals surface area contributed by atoms with Gasteiger partial charge in [-0.15, -0.1) is 0 Å². The summed E-state index contributed by atoms with van der Waals surface area (Å²) in [6.45, 7) is 4.20. The van der Waals surface area contributed by atoms with E-state index in [0.717, 1.165) is 26.1 Å². The second kappa shape index (κ2) is 5.12. The highest BCUT2D eigenvalue weighted by molar-refractivity contribution is 5.73. The molecule has 3 nitrogen and oxygen atoms in total. The van der Waals surface area contributed by atoms with Crippen molar-refractivity contribution in [3.63, 3.8) is 0 Å². The predicted molar refractivity (Wildman–Crippen MR) is 64.2 cm³/mol. The maximum atomic E-state index is 11.3. The van der Waals surface area contributed by atoms with Crippen LogP contribution in [0.1, 0.15) is 12.5 Å². The third kappa shape index (κ3) is 2.83. The molecule has 1 unspecified atom stereocenters. The van der Waals surface area contributed by atoms with Gasteiger partial charge in [-0.2, -0.15) is 0 Å². The highest BCUT2D eigenvalue weighted by Crippen LogP contribution is 2.07. The highest BCUT2D eigenvalue weighted by atomic mass is 16.2. The Hall–Kier alpha value is -1.35. The first-order valence-corrected chi connectivity index (χ1v) is 5.78. The van der Waals surface area contributed by atoms with E-state index >= 15 is 0 Å². The molecule has 0 bridgehead atoms. The summed E-state index contributed by atoms with van der Waals surface area (Å²) in [5, 5.41) is 3.46. The Balaban J connectivity index is 1.93. The average Bonchev–Trinajstić information content (AvgIpc) is 2.30. The van der Waals surface area contributed by atoms with Gasteiger partial charge in [0.1, 0.15) is 0 Å². The summed E-state index contributed by atoms with van der Waals surface area (Å²) in [4.78, 5) is 13.2. The van der Waals surface area contributed by atoms with E-state index in [1.165, 1.54) is 5.56 Å². The number of nitrogens with zero attached hydrogens (tertiary/aromatic N) is 1. The smallest absolute Gasteiger partial charge is 0.219 e. The van der Waals surface area contributed by atoms with E-state index in [4.69, 9.17) is 0 Å². The molecular weight excluding hydrogens is 200 g/mol. The third-order valence-electron chi connectivity index (χ3n) is 3.03. The molecule has 1 saturated heterocycles. The van der Waals surface area contributed by atoms with Gasteiger partial charge in [0.25, 0.3) is 0 Å². The third-order valence-corrected chi connectivity index (χ3v) is 3.03. The van der Waals surface area contributed by atoms with E-state index in [9.17, 15) is 4.79 Å². The highest BCUT2D eigenvalue weighted by Gasteiger charge is 2.20. The van der Waals surface area contributed by atoms with Gasteiger partial charge in [0.15, 0.2) is 0 Å². The molecule has 86 valence electrons. The number of piperazine rings is 1. The van der Waals surface area contributed by atoms with Crippen molar-refractivity contribution in [1.29, 1.82) is 0 Å². The van der Waals surface area contributed by atoms with Crippen molar-refractivity contribution in [2.75, 3.05) is 19.6 Å². The standard InChI is InChI=1S/C13H18N2O/c1-11(16)15-8-7-14-13(10-15)9-12-5-3-2-4-6-12/h2-6,13-14H,7-10H2,1H3. The number of benzene rings is 1. The Morgan fingerprint density at radius 3 is 2.88 bits per heavy atom. The number of carbonyl (C=O) groups is 1. The maximum absolute atomic E-state index is 11.3. The summed E-state index contributed by atoms with van der Waals surface area (Å²) < 4.78 is 0. The van der Waals surface area contributed by atoms with Crippen molar-refractivity contribution < 1.29 is 4.79 Å². The molecule has 0 aromatic heterocycles. The topological polar surface area (TPSA) is 32.3 Å². The van der Waals surface area contributed by atoms with E-state index in [-0.39, 0.29) is 5.91 Å². The molecular formula is C13H18N2O. The molecule has 1 atom stereocenters. The second-order valence-corrected chi connectivity index (χ2v) is 4.31. The summed E-state index contributed by atoms with van der Waals surface area (Å²) in [5.41, 5.74) is 1.32. The van der Waals surface area contributed by atoms with Crippen molar-refractivity contribution in [1.82, 2.24) is 10.2 Å². The van der Waals surface area contributed by atoms with Gasteiger partial charge < -0.3 is 10.2 Å². The van der Waals surface area contributed by atoms with Crippen LogP contribution in [0.3, 0.4) is 0 Å². The van der Waals surface area contributed by atoms with Gasteiger partial charge in [0, 0.05) is 32.6 Å². The van der Waals surface area contributed by atoms with E-state index < -0.39 is 0 Å². The van der Waals surface area contributed by atoms with Gasteiger partial charge in [0.2, 0.25) is 5.91 Å². The summed E-state index contributed by atoms with van der Waals surface area (Å²) in [7, 11) is 0. The predicted octanol–water partition coefficient (Wildman–Crippen LogP) is 1.05. The molecule has 0 radical (unpaired) electrons. The lowest BCUT2D eigenvalue weighted by atomic mass is 10.0. The summed E-state index contributed by atoms with van der Waals surface area (Å²) in [6, 6.07) is 10.8. The number of rotatable bonds is 2. The lowest BCUT2D eigenvalue weighted by Gasteiger charge is -2.33. The van der Waals surface area contributed by atoms with Crippen molar-refractivity contribution in [3.8, 4) is 0 Å². The molecule has 1 aromatic carbocycles.